The lowest BCUT2D eigenvalue weighted by Gasteiger charge is -2.34. The molecule has 0 atom stereocenters. The van der Waals surface area contributed by atoms with Crippen molar-refractivity contribution in [1.29, 1.82) is 5.26 Å². The Kier molecular flexibility index (Phi) is 5.26. The van der Waals surface area contributed by atoms with Crippen molar-refractivity contribution in [3.05, 3.63) is 29.9 Å². The van der Waals surface area contributed by atoms with Gasteiger partial charge in [-0.2, -0.15) is 5.26 Å². The predicted molar refractivity (Wildman–Crippen MR) is 103 cm³/mol. The van der Waals surface area contributed by atoms with E-state index in [0.717, 1.165) is 30.4 Å². The summed E-state index contributed by atoms with van der Waals surface area (Å²) < 4.78 is 9.72. The number of carbonyl (C=O) groups is 1. The molecule has 0 radical (unpaired) electrons. The molecule has 0 spiro atoms. The van der Waals surface area contributed by atoms with Gasteiger partial charge in [0.1, 0.15) is 5.60 Å². The van der Waals surface area contributed by atoms with Gasteiger partial charge in [-0.1, -0.05) is 12.1 Å². The number of piperidine rings is 1. The summed E-state index contributed by atoms with van der Waals surface area (Å²) >= 11 is 0. The molecule has 2 heterocycles. The van der Waals surface area contributed by atoms with Crippen LogP contribution >= 0.6 is 0 Å². The summed E-state index contributed by atoms with van der Waals surface area (Å²) in [4.78, 5) is 18.2. The number of ether oxygens (including phenoxy) is 1. The Morgan fingerprint density at radius 3 is 2.44 bits per heavy atom. The molecule has 1 amide bonds. The van der Waals surface area contributed by atoms with Gasteiger partial charge in [0, 0.05) is 25.7 Å². The highest BCUT2D eigenvalue weighted by Gasteiger charge is 2.29. The molecule has 1 fully saturated rings. The number of aryl methyl sites for hydroxylation is 1. The summed E-state index contributed by atoms with van der Waals surface area (Å²) in [5.41, 5.74) is 2.33. The number of para-hydroxylation sites is 2. The van der Waals surface area contributed by atoms with Crippen LogP contribution in [0, 0.1) is 11.5 Å². The molecule has 144 valence electrons. The second kappa shape index (κ2) is 7.47. The third kappa shape index (κ3) is 3.85. The Morgan fingerprint density at radius 2 is 1.89 bits per heavy atom. The van der Waals surface area contributed by atoms with Crippen LogP contribution in [-0.2, 0) is 11.3 Å². The van der Waals surface area contributed by atoms with Crippen LogP contribution in [-0.4, -0.2) is 38.8 Å². The molecule has 7 heteroatoms. The summed E-state index contributed by atoms with van der Waals surface area (Å²) in [5, 5.41) is 9.20. The molecule has 0 N–H and O–H groups in total. The second-order valence-corrected chi connectivity index (χ2v) is 7.81. The Bertz CT molecular complexity index is 934. The molecule has 1 aromatic heterocycles. The number of fused-ring (bicyclic) bond motifs is 1. The van der Waals surface area contributed by atoms with Gasteiger partial charge in [-0.05, 0) is 52.7 Å². The molecule has 0 unspecified atom stereocenters. The first-order valence-electron chi connectivity index (χ1n) is 9.46. The van der Waals surface area contributed by atoms with E-state index in [9.17, 15) is 10.1 Å². The molecule has 3 rings (SSSR count). The van der Waals surface area contributed by atoms with Crippen molar-refractivity contribution in [2.75, 3.05) is 13.1 Å². The Labute approximate surface area is 159 Å². The number of amides is 1. The number of rotatable bonds is 2. The molecule has 0 bridgehead atoms. The normalized spacial score (nSPS) is 16.6. The summed E-state index contributed by atoms with van der Waals surface area (Å²) in [6, 6.07) is 8.32. The Hall–Kier alpha value is -2.75. The zero-order valence-electron chi connectivity index (χ0n) is 16.5. The van der Waals surface area contributed by atoms with Crippen LogP contribution in [0.2, 0.25) is 0 Å². The minimum absolute atomic E-state index is 0.188. The van der Waals surface area contributed by atoms with Crippen molar-refractivity contribution in [2.24, 2.45) is 4.99 Å². The van der Waals surface area contributed by atoms with Gasteiger partial charge in [-0.15, -0.1) is 4.99 Å². The number of aromatic nitrogens is 2. The highest BCUT2D eigenvalue weighted by molar-refractivity contribution is 5.76. The maximum atomic E-state index is 12.3. The van der Waals surface area contributed by atoms with Crippen LogP contribution < -0.4 is 5.62 Å². The second-order valence-electron chi connectivity index (χ2n) is 7.81. The van der Waals surface area contributed by atoms with Crippen LogP contribution in [0.3, 0.4) is 0 Å². The van der Waals surface area contributed by atoms with Gasteiger partial charge < -0.3 is 18.8 Å². The molecular weight excluding hydrogens is 342 g/mol. The van der Waals surface area contributed by atoms with Crippen molar-refractivity contribution >= 4 is 17.1 Å². The van der Waals surface area contributed by atoms with Gasteiger partial charge in [0.25, 0.3) is 0 Å². The molecule has 1 saturated heterocycles. The molecular formula is C20H27N5O2. The number of imidazole rings is 1. The summed E-state index contributed by atoms with van der Waals surface area (Å²) in [6.45, 7) is 9.69. The van der Waals surface area contributed by atoms with Crippen molar-refractivity contribution in [3.8, 4) is 6.19 Å². The fourth-order valence-corrected chi connectivity index (χ4v) is 3.71. The number of hydrogen-bond acceptors (Lipinski definition) is 4. The average Bonchev–Trinajstić information content (AvgIpc) is 2.94. The highest BCUT2D eigenvalue weighted by atomic mass is 16.6. The van der Waals surface area contributed by atoms with Crippen molar-refractivity contribution in [2.45, 2.75) is 58.7 Å². The zero-order valence-corrected chi connectivity index (χ0v) is 16.5. The van der Waals surface area contributed by atoms with Gasteiger partial charge in [0.05, 0.1) is 11.0 Å². The molecule has 7 nitrogen and oxygen atoms in total. The van der Waals surface area contributed by atoms with Crippen molar-refractivity contribution in [1.82, 2.24) is 14.0 Å². The van der Waals surface area contributed by atoms with E-state index >= 15 is 0 Å². The first-order chi connectivity index (χ1) is 12.9. The van der Waals surface area contributed by atoms with E-state index in [1.54, 1.807) is 4.90 Å². The molecule has 0 saturated carbocycles. The maximum Gasteiger partial charge on any atom is 0.410 e. The van der Waals surface area contributed by atoms with E-state index < -0.39 is 5.60 Å². The average molecular weight is 369 g/mol. The fraction of sp³-hybridized carbons (Fsp3) is 0.550. The van der Waals surface area contributed by atoms with E-state index in [2.05, 4.69) is 33.2 Å². The van der Waals surface area contributed by atoms with E-state index in [0.29, 0.717) is 18.7 Å². The summed E-state index contributed by atoms with van der Waals surface area (Å²) in [6.07, 6.45) is 3.29. The molecule has 2 aromatic rings. The summed E-state index contributed by atoms with van der Waals surface area (Å²) in [5.74, 6) is 0. The fourth-order valence-electron chi connectivity index (χ4n) is 3.71. The van der Waals surface area contributed by atoms with E-state index in [1.807, 2.05) is 39.1 Å². The van der Waals surface area contributed by atoms with Gasteiger partial charge in [-0.3, -0.25) is 0 Å². The zero-order chi connectivity index (χ0) is 19.6. The van der Waals surface area contributed by atoms with Crippen molar-refractivity contribution < 1.29 is 9.53 Å². The largest absolute Gasteiger partial charge is 0.444 e. The van der Waals surface area contributed by atoms with Crippen LogP contribution in [0.5, 0.6) is 0 Å². The van der Waals surface area contributed by atoms with Crippen LogP contribution in [0.1, 0.15) is 46.6 Å². The number of carbonyl (C=O) groups excluding carboxylic acids is 1. The summed E-state index contributed by atoms with van der Waals surface area (Å²) in [7, 11) is 0. The Morgan fingerprint density at radius 1 is 1.26 bits per heavy atom. The first kappa shape index (κ1) is 19.0. The molecule has 27 heavy (non-hydrogen) atoms. The lowest BCUT2D eigenvalue weighted by Crippen LogP contribution is -2.43. The van der Waals surface area contributed by atoms with E-state index in [4.69, 9.17) is 4.74 Å². The first-order valence-corrected chi connectivity index (χ1v) is 9.46. The van der Waals surface area contributed by atoms with Gasteiger partial charge in [0.15, 0.2) is 0 Å². The topological polar surface area (TPSA) is 75.5 Å². The molecule has 1 aromatic carbocycles. The standard InChI is InChI=1S/C20H27N5O2/c1-5-24-16-8-6-7-9-17(16)25(18(24)22-14-21)15-10-12-23(13-11-15)19(26)27-20(2,3)4/h6-9,15H,5,10-13H2,1-4H3. The molecule has 1 aliphatic heterocycles. The highest BCUT2D eigenvalue weighted by Crippen LogP contribution is 2.26. The number of nitriles is 1. The molecule has 0 aliphatic carbocycles. The quantitative estimate of drug-likeness (QED) is 0.761. The minimum Gasteiger partial charge on any atom is -0.444 e. The predicted octanol–water partition coefficient (Wildman–Crippen LogP) is 3.42. The smallest absolute Gasteiger partial charge is 0.410 e. The van der Waals surface area contributed by atoms with Crippen LogP contribution in [0.15, 0.2) is 29.3 Å². The van der Waals surface area contributed by atoms with Gasteiger partial charge in [-0.25, -0.2) is 4.79 Å². The Balaban J connectivity index is 1.90. The molecule has 1 aliphatic rings. The number of nitrogens with zero attached hydrogens (tertiary/aromatic N) is 5. The van der Waals surface area contributed by atoms with Crippen molar-refractivity contribution in [3.63, 3.8) is 0 Å². The van der Waals surface area contributed by atoms with Gasteiger partial charge >= 0.3 is 6.09 Å². The maximum absolute atomic E-state index is 12.3. The van der Waals surface area contributed by atoms with Crippen LogP contribution in [0.4, 0.5) is 4.79 Å². The third-order valence-electron chi connectivity index (χ3n) is 4.84. The van der Waals surface area contributed by atoms with Crippen LogP contribution in [0.25, 0.3) is 11.0 Å². The lowest BCUT2D eigenvalue weighted by molar-refractivity contribution is 0.0188. The lowest BCUT2D eigenvalue weighted by atomic mass is 10.0. The SMILES string of the molecule is CCn1c(=NC#N)n(C2CCN(C(=O)OC(C)(C)C)CC2)c2ccccc21. The number of likely N-dealkylation sites (tertiary alicyclic amines) is 1. The monoisotopic (exact) mass is 369 g/mol. The van der Waals surface area contributed by atoms with Gasteiger partial charge in [0.2, 0.25) is 11.8 Å². The van der Waals surface area contributed by atoms with E-state index in [-0.39, 0.29) is 12.1 Å². The van der Waals surface area contributed by atoms with E-state index in [1.165, 1.54) is 0 Å². The minimum atomic E-state index is -0.490. The number of benzene rings is 1. The third-order valence-corrected chi connectivity index (χ3v) is 4.84. The number of hydrogen-bond donors (Lipinski definition) is 0.